The van der Waals surface area contributed by atoms with Crippen molar-refractivity contribution >= 4 is 54.8 Å². The van der Waals surface area contributed by atoms with Gasteiger partial charge in [0.2, 0.25) is 74.4 Å². The monoisotopic (exact) mass is 1930 g/mol. The lowest BCUT2D eigenvalue weighted by Crippen LogP contribution is -2.11. The summed E-state index contributed by atoms with van der Waals surface area (Å²) in [7, 11) is 38.6. The maximum Gasteiger partial charge on any atom is 0.239 e. The second kappa shape index (κ2) is 47.5. The molecule has 0 amide bonds. The Labute approximate surface area is 804 Å². The normalized spacial score (nSPS) is 10.5. The second-order valence-electron chi connectivity index (χ2n) is 28.7. The molecule has 36 heteroatoms. The number of aryl methyl sites for hydroxylation is 1. The lowest BCUT2D eigenvalue weighted by Gasteiger charge is -2.19. The van der Waals surface area contributed by atoms with Crippen LogP contribution in [0.5, 0.6) is 149 Å². The van der Waals surface area contributed by atoms with E-state index in [2.05, 4.69) is 0 Å². The SMILES string of the molecule is C.CCc1cc(-c2cc(=O)c3c(OC)c(OC)c(OC)cc3o2)ccc1OC.COc1ccc(-c2cc(=O)c3c(OC)c(OC)c(OC)c(OC)c3o2)cc1.COc1ccc(-c2cc(=O)c3c(OC)c(OC)c(OC)c(OC)c3o2)cc1OC.COc1ccc(-c2cc(=O)c3c(OC)c(OC)c(OC)cc3o2)cc1.COc1ccc(-c2oc3c(OC)c(OC)c(OC)c(OC)c3c(=O)c2OC)cc1OC. The highest BCUT2D eigenvalue weighted by atomic mass is 16.6. The first-order chi connectivity index (χ1) is 67.3. The standard InChI is InChI=1S/C22H24O9.C21H22O8.C21H22O6.C20H20O7.C19H18O6.CH4/c1-24-12-9-8-11(10-13(12)25-2)16-19(27-4)15(23)14-17(26-3)20(28-5)22(30-7)21(29-6)18(14)31-16;1-23-13-8-7-11(9-15(13)24-2)14-10-12(22)16-17(25-3)19(26-4)21(28-6)20(27-5)18(16)29-14;1-6-12-9-13(7-8-15(12)23-2)16-10-14(22)19-17(27-16)11-18(24-3)20(25-4)21(19)26-5;1-22-12-8-6-11(7-9-12)14-10-13(21)15-16(23-2)18(24-3)20(26-5)19(25-4)17(15)27-14;1-21-12-7-5-11(6-8-12)14-9-13(20)17-15(25-14)10-16(22-2)18(23-3)19(17)24-4;/h8-10H,1-7H3;7-10H,1-6H3;7-11H,6H2,1-5H3;6-10H,1-5H3;5-10H,1-4H3;1H4. The first kappa shape index (κ1) is 105. The van der Waals surface area contributed by atoms with E-state index in [1.807, 2.05) is 37.3 Å². The Kier molecular flexibility index (Phi) is 35.7. The van der Waals surface area contributed by atoms with Gasteiger partial charge >= 0.3 is 0 Å². The summed E-state index contributed by atoms with van der Waals surface area (Å²) in [4.78, 5) is 64.9. The summed E-state index contributed by atoms with van der Waals surface area (Å²) in [6.45, 7) is 2.04. The van der Waals surface area contributed by atoms with Gasteiger partial charge in [-0.25, -0.2) is 0 Å². The number of hydrogen-bond acceptors (Lipinski definition) is 36. The van der Waals surface area contributed by atoms with Crippen molar-refractivity contribution in [3.8, 4) is 206 Å². The molecule has 0 aliphatic rings. The summed E-state index contributed by atoms with van der Waals surface area (Å²) >= 11 is 0. The highest BCUT2D eigenvalue weighted by Gasteiger charge is 2.34. The minimum absolute atomic E-state index is 0. The zero-order chi connectivity index (χ0) is 101. The van der Waals surface area contributed by atoms with E-state index >= 15 is 0 Å². The summed E-state index contributed by atoms with van der Waals surface area (Å²) in [6, 6.07) is 39.3. The number of methoxy groups -OCH3 is 26. The van der Waals surface area contributed by atoms with E-state index in [0.717, 1.165) is 34.6 Å². The zero-order valence-electron chi connectivity index (χ0n) is 81.7. The van der Waals surface area contributed by atoms with Gasteiger partial charge in [-0.05, 0) is 115 Å². The van der Waals surface area contributed by atoms with Gasteiger partial charge in [0.25, 0.3) is 0 Å². The Bertz CT molecular complexity index is 7270. The van der Waals surface area contributed by atoms with Crippen LogP contribution in [-0.2, 0) is 6.42 Å². The van der Waals surface area contributed by atoms with Gasteiger partial charge in [-0.1, -0.05) is 14.4 Å². The minimum Gasteiger partial charge on any atom is -0.497 e. The van der Waals surface area contributed by atoms with Crippen molar-refractivity contribution < 1.29 is 145 Å². The van der Waals surface area contributed by atoms with Crippen molar-refractivity contribution in [2.45, 2.75) is 20.8 Å². The third-order valence-electron chi connectivity index (χ3n) is 21.8. The molecule has 15 aromatic rings. The van der Waals surface area contributed by atoms with Crippen LogP contribution in [0, 0.1) is 0 Å². The summed E-state index contributed by atoms with van der Waals surface area (Å²) in [5.41, 5.74) is 4.13. The Hall–Kier alpha value is -17.0. The third kappa shape index (κ3) is 20.5. The summed E-state index contributed by atoms with van der Waals surface area (Å²) in [5, 5.41) is 1.11. The molecule has 0 fully saturated rings. The van der Waals surface area contributed by atoms with Crippen molar-refractivity contribution in [1.82, 2.24) is 0 Å². The van der Waals surface area contributed by atoms with Crippen molar-refractivity contribution in [3.63, 3.8) is 0 Å². The molecule has 0 bridgehead atoms. The molecule has 0 aliphatic carbocycles. The van der Waals surface area contributed by atoms with E-state index in [1.165, 1.54) is 181 Å². The third-order valence-corrected chi connectivity index (χ3v) is 21.8. The van der Waals surface area contributed by atoms with Crippen LogP contribution in [0.3, 0.4) is 0 Å². The van der Waals surface area contributed by atoms with Crippen molar-refractivity contribution in [1.29, 1.82) is 0 Å². The largest absolute Gasteiger partial charge is 0.497 e. The fraction of sp³-hybridized carbons (Fsp3) is 0.279. The van der Waals surface area contributed by atoms with Gasteiger partial charge in [0.15, 0.2) is 107 Å². The first-order valence-electron chi connectivity index (χ1n) is 41.9. The molecule has 742 valence electrons. The van der Waals surface area contributed by atoms with E-state index in [0.29, 0.717) is 113 Å². The molecule has 5 aromatic heterocycles. The fourth-order valence-corrected chi connectivity index (χ4v) is 15.3. The highest BCUT2D eigenvalue weighted by Crippen LogP contribution is 2.56. The number of rotatable bonds is 32. The molecule has 36 nitrogen and oxygen atoms in total. The van der Waals surface area contributed by atoms with Crippen LogP contribution >= 0.6 is 0 Å². The van der Waals surface area contributed by atoms with E-state index in [-0.39, 0.29) is 154 Å². The van der Waals surface area contributed by atoms with Gasteiger partial charge in [0.05, 0.1) is 185 Å². The summed E-state index contributed by atoms with van der Waals surface area (Å²) < 4.78 is 170. The topological polar surface area (TPSA) is 391 Å². The van der Waals surface area contributed by atoms with Gasteiger partial charge in [0.1, 0.15) is 78.4 Å². The first-order valence-corrected chi connectivity index (χ1v) is 41.9. The molecule has 10 aromatic carbocycles. The van der Waals surface area contributed by atoms with Gasteiger partial charge in [-0.2, -0.15) is 0 Å². The number of fused-ring (bicyclic) bond motifs is 5. The Balaban J connectivity index is 0.000000180. The van der Waals surface area contributed by atoms with Crippen LogP contribution < -0.4 is 150 Å². The molecular formula is C104H110O36. The van der Waals surface area contributed by atoms with E-state index in [4.69, 9.17) is 145 Å². The van der Waals surface area contributed by atoms with Crippen LogP contribution in [-0.4, -0.2) is 185 Å². The predicted octanol–water partition coefficient (Wildman–Crippen LogP) is 18.7. The predicted molar refractivity (Wildman–Crippen MR) is 526 cm³/mol. The van der Waals surface area contributed by atoms with E-state index < -0.39 is 5.43 Å². The minimum atomic E-state index is -0.468. The van der Waals surface area contributed by atoms with Crippen molar-refractivity contribution in [2.24, 2.45) is 0 Å². The average Bonchev–Trinajstić information content (AvgIpc) is 0.748. The van der Waals surface area contributed by atoms with Gasteiger partial charge in [-0.15, -0.1) is 0 Å². The second-order valence-corrected chi connectivity index (χ2v) is 28.7. The molecule has 0 radical (unpaired) electrons. The molecular weight excluding hydrogens is 1830 g/mol. The zero-order valence-corrected chi connectivity index (χ0v) is 81.7. The van der Waals surface area contributed by atoms with E-state index in [9.17, 15) is 24.0 Å². The van der Waals surface area contributed by atoms with Crippen LogP contribution in [0.4, 0.5) is 0 Å². The maximum atomic E-state index is 13.5. The maximum absolute atomic E-state index is 13.5. The molecule has 5 heterocycles. The van der Waals surface area contributed by atoms with Crippen LogP contribution in [0.25, 0.3) is 111 Å². The molecule has 0 N–H and O–H groups in total. The van der Waals surface area contributed by atoms with Crippen LogP contribution in [0.1, 0.15) is 19.9 Å². The Morgan fingerprint density at radius 1 is 0.200 bits per heavy atom. The van der Waals surface area contributed by atoms with Crippen molar-refractivity contribution in [2.75, 3.05) is 185 Å². The number of ether oxygens (including phenoxy) is 26. The van der Waals surface area contributed by atoms with Gasteiger partial charge in [0, 0.05) is 64.2 Å². The summed E-state index contributed by atoms with van der Waals surface area (Å²) in [6.07, 6.45) is 0.799. The molecule has 0 unspecified atom stereocenters. The molecule has 0 spiro atoms. The molecule has 0 aliphatic heterocycles. The molecule has 0 saturated carbocycles. The lowest BCUT2D eigenvalue weighted by atomic mass is 10.0. The number of benzene rings is 10. The molecule has 15 rings (SSSR count). The molecule has 0 saturated heterocycles. The smallest absolute Gasteiger partial charge is 0.239 e. The van der Waals surface area contributed by atoms with Crippen LogP contribution in [0.2, 0.25) is 0 Å². The fourth-order valence-electron chi connectivity index (χ4n) is 15.3. The Morgan fingerprint density at radius 2 is 0.464 bits per heavy atom. The quantitative estimate of drug-likeness (QED) is 0.0378. The summed E-state index contributed by atoms with van der Waals surface area (Å²) in [5.74, 6) is 10.8. The molecule has 0 atom stereocenters. The highest BCUT2D eigenvalue weighted by molar-refractivity contribution is 5.99. The van der Waals surface area contributed by atoms with E-state index in [1.54, 1.807) is 113 Å². The van der Waals surface area contributed by atoms with Crippen LogP contribution in [0.15, 0.2) is 186 Å². The molecule has 140 heavy (non-hydrogen) atoms. The lowest BCUT2D eigenvalue weighted by molar-refractivity contribution is 0.306. The average molecular weight is 1940 g/mol. The van der Waals surface area contributed by atoms with Crippen molar-refractivity contribution in [3.05, 3.63) is 196 Å². The van der Waals surface area contributed by atoms with Gasteiger partial charge < -0.3 is 145 Å². The Morgan fingerprint density at radius 3 is 0.793 bits per heavy atom. The number of hydrogen-bond donors (Lipinski definition) is 0. The van der Waals surface area contributed by atoms with Gasteiger partial charge in [-0.3, -0.25) is 24.0 Å².